The number of benzene rings is 1. The summed E-state index contributed by atoms with van der Waals surface area (Å²) >= 11 is 6.22. The third kappa shape index (κ3) is 3.09. The van der Waals surface area contributed by atoms with Gasteiger partial charge in [-0.05, 0) is 19.1 Å². The fourth-order valence-corrected chi connectivity index (χ4v) is 2.58. The Labute approximate surface area is 138 Å². The van der Waals surface area contributed by atoms with Gasteiger partial charge in [-0.1, -0.05) is 23.7 Å². The Morgan fingerprint density at radius 1 is 1.22 bits per heavy atom. The van der Waals surface area contributed by atoms with Crippen molar-refractivity contribution in [1.82, 2.24) is 19.9 Å². The lowest BCUT2D eigenvalue weighted by Crippen LogP contribution is -2.13. The number of aromatic nitrogens is 4. The number of nitrogens with zero attached hydrogens (tertiary/aromatic N) is 4. The monoisotopic (exact) mass is 329 g/mol. The topological polar surface area (TPSA) is 102 Å². The predicted molar refractivity (Wildman–Crippen MR) is 92.6 cm³/mol. The minimum atomic E-state index is -0.0878. The molecule has 0 aliphatic heterocycles. The normalized spacial score (nSPS) is 12.1. The maximum atomic E-state index is 6.22. The molecule has 0 radical (unpaired) electrons. The molecular formula is C15H16ClN7. The van der Waals surface area contributed by atoms with Crippen LogP contribution in [0.25, 0.3) is 10.9 Å². The highest BCUT2D eigenvalue weighted by molar-refractivity contribution is 6.35. The van der Waals surface area contributed by atoms with E-state index in [2.05, 4.69) is 30.6 Å². The van der Waals surface area contributed by atoms with E-state index in [1.165, 1.54) is 6.33 Å². The molecule has 23 heavy (non-hydrogen) atoms. The Hall–Kier alpha value is -2.67. The average molecular weight is 330 g/mol. The molecule has 2 aromatic heterocycles. The molecule has 0 aliphatic rings. The zero-order valence-electron chi connectivity index (χ0n) is 12.7. The van der Waals surface area contributed by atoms with E-state index in [0.717, 1.165) is 22.3 Å². The second-order valence-corrected chi connectivity index (χ2v) is 5.43. The van der Waals surface area contributed by atoms with Crippen molar-refractivity contribution in [3.63, 3.8) is 0 Å². The maximum absolute atomic E-state index is 6.22. The number of nitrogens with one attached hydrogen (secondary N) is 2. The summed E-state index contributed by atoms with van der Waals surface area (Å²) in [5.74, 6) is 1.33. The number of halogens is 1. The Balaban J connectivity index is 2.00. The van der Waals surface area contributed by atoms with Crippen LogP contribution in [-0.2, 0) is 0 Å². The average Bonchev–Trinajstić information content (AvgIpc) is 2.54. The van der Waals surface area contributed by atoms with Gasteiger partial charge in [0.05, 0.1) is 16.6 Å². The van der Waals surface area contributed by atoms with Crippen molar-refractivity contribution in [2.45, 2.75) is 13.0 Å². The number of para-hydroxylation sites is 1. The molecule has 4 N–H and O–H groups in total. The first-order valence-electron chi connectivity index (χ1n) is 7.06. The van der Waals surface area contributed by atoms with E-state index in [4.69, 9.17) is 17.3 Å². The molecule has 2 heterocycles. The molecule has 1 aromatic carbocycles. The summed E-state index contributed by atoms with van der Waals surface area (Å²) in [5, 5.41) is 7.89. The Bertz CT molecular complexity index is 852. The second kappa shape index (κ2) is 6.21. The fourth-order valence-electron chi connectivity index (χ4n) is 2.36. The van der Waals surface area contributed by atoms with Crippen LogP contribution >= 0.6 is 11.6 Å². The first kappa shape index (κ1) is 15.2. The zero-order chi connectivity index (χ0) is 16.4. The quantitative estimate of drug-likeness (QED) is 0.676. The number of rotatable bonds is 4. The zero-order valence-corrected chi connectivity index (χ0v) is 13.5. The lowest BCUT2D eigenvalue weighted by Gasteiger charge is -2.18. The summed E-state index contributed by atoms with van der Waals surface area (Å²) < 4.78 is 0. The molecule has 0 bridgehead atoms. The van der Waals surface area contributed by atoms with Crippen molar-refractivity contribution >= 4 is 40.2 Å². The molecule has 1 unspecified atom stereocenters. The van der Waals surface area contributed by atoms with Gasteiger partial charge in [-0.25, -0.2) is 15.0 Å². The lowest BCUT2D eigenvalue weighted by atomic mass is 10.1. The molecule has 8 heteroatoms. The highest BCUT2D eigenvalue weighted by atomic mass is 35.5. The van der Waals surface area contributed by atoms with Gasteiger partial charge < -0.3 is 16.4 Å². The van der Waals surface area contributed by atoms with Gasteiger partial charge in [-0.2, -0.15) is 4.98 Å². The van der Waals surface area contributed by atoms with Crippen LogP contribution in [0.1, 0.15) is 18.5 Å². The summed E-state index contributed by atoms with van der Waals surface area (Å²) in [7, 11) is 1.82. The van der Waals surface area contributed by atoms with Crippen molar-refractivity contribution in [3.05, 3.63) is 41.2 Å². The van der Waals surface area contributed by atoms with Crippen molar-refractivity contribution in [3.8, 4) is 0 Å². The van der Waals surface area contributed by atoms with E-state index >= 15 is 0 Å². The molecule has 0 saturated heterocycles. The minimum Gasteiger partial charge on any atom is -0.373 e. The van der Waals surface area contributed by atoms with Gasteiger partial charge in [0.25, 0.3) is 0 Å². The molecule has 3 aromatic rings. The molecule has 7 nitrogen and oxygen atoms in total. The van der Waals surface area contributed by atoms with E-state index < -0.39 is 0 Å². The number of fused-ring (bicyclic) bond motifs is 1. The summed E-state index contributed by atoms with van der Waals surface area (Å²) in [6, 6.07) is 7.66. The van der Waals surface area contributed by atoms with Crippen molar-refractivity contribution in [2.75, 3.05) is 23.4 Å². The maximum Gasteiger partial charge on any atom is 0.227 e. The van der Waals surface area contributed by atoms with Gasteiger partial charge in [0.2, 0.25) is 11.9 Å². The van der Waals surface area contributed by atoms with Gasteiger partial charge in [0, 0.05) is 18.0 Å². The SMILES string of the molecule is CNc1nc2c(Cl)cccc2cc1C(C)Nc1ncnc(N)n1. The third-order valence-electron chi connectivity index (χ3n) is 3.47. The van der Waals surface area contributed by atoms with E-state index in [9.17, 15) is 0 Å². The molecule has 1 atom stereocenters. The number of hydrogen-bond donors (Lipinski definition) is 3. The van der Waals surface area contributed by atoms with E-state index in [1.54, 1.807) is 0 Å². The minimum absolute atomic E-state index is 0.0878. The van der Waals surface area contributed by atoms with Crippen LogP contribution in [0.2, 0.25) is 5.02 Å². The highest BCUT2D eigenvalue weighted by Gasteiger charge is 2.15. The predicted octanol–water partition coefficient (Wildman–Crippen LogP) is 2.87. The molecule has 0 aliphatic carbocycles. The van der Waals surface area contributed by atoms with Crippen molar-refractivity contribution in [2.24, 2.45) is 0 Å². The molecule has 3 rings (SSSR count). The molecule has 0 saturated carbocycles. The molecular weight excluding hydrogens is 314 g/mol. The van der Waals surface area contributed by atoms with E-state index in [0.29, 0.717) is 11.0 Å². The van der Waals surface area contributed by atoms with Crippen LogP contribution in [0.3, 0.4) is 0 Å². The summed E-state index contributed by atoms with van der Waals surface area (Å²) in [6.45, 7) is 1.99. The van der Waals surface area contributed by atoms with Crippen LogP contribution < -0.4 is 16.4 Å². The Morgan fingerprint density at radius 3 is 2.78 bits per heavy atom. The molecule has 0 spiro atoms. The molecule has 0 fully saturated rings. The largest absolute Gasteiger partial charge is 0.373 e. The van der Waals surface area contributed by atoms with Crippen LogP contribution in [-0.4, -0.2) is 27.0 Å². The standard InChI is InChI=1S/C15H16ClN7/c1-8(21-15-20-7-19-14(17)23-15)10-6-9-4-3-5-11(16)12(9)22-13(10)18-2/h3-8H,1-2H3,(H,18,22)(H3,17,19,20,21,23). The molecule has 118 valence electrons. The van der Waals surface area contributed by atoms with Crippen LogP contribution in [0.4, 0.5) is 17.7 Å². The number of pyridine rings is 1. The molecule has 0 amide bonds. The van der Waals surface area contributed by atoms with Gasteiger partial charge in [0.15, 0.2) is 0 Å². The Kier molecular flexibility index (Phi) is 4.12. The van der Waals surface area contributed by atoms with Crippen LogP contribution in [0.15, 0.2) is 30.6 Å². The van der Waals surface area contributed by atoms with Crippen molar-refractivity contribution in [1.29, 1.82) is 0 Å². The van der Waals surface area contributed by atoms with Gasteiger partial charge in [-0.15, -0.1) is 0 Å². The summed E-state index contributed by atoms with van der Waals surface area (Å²) in [4.78, 5) is 16.5. The Morgan fingerprint density at radius 2 is 2.04 bits per heavy atom. The smallest absolute Gasteiger partial charge is 0.227 e. The van der Waals surface area contributed by atoms with E-state index in [-0.39, 0.29) is 12.0 Å². The first-order valence-corrected chi connectivity index (χ1v) is 7.44. The van der Waals surface area contributed by atoms with Gasteiger partial charge in [-0.3, -0.25) is 0 Å². The lowest BCUT2D eigenvalue weighted by molar-refractivity contribution is 0.853. The number of hydrogen-bond acceptors (Lipinski definition) is 7. The number of anilines is 3. The van der Waals surface area contributed by atoms with Crippen LogP contribution in [0.5, 0.6) is 0 Å². The van der Waals surface area contributed by atoms with Gasteiger partial charge in [0.1, 0.15) is 12.1 Å². The van der Waals surface area contributed by atoms with Crippen molar-refractivity contribution < 1.29 is 0 Å². The van der Waals surface area contributed by atoms with E-state index in [1.807, 2.05) is 38.2 Å². The van der Waals surface area contributed by atoms with Gasteiger partial charge >= 0.3 is 0 Å². The third-order valence-corrected chi connectivity index (χ3v) is 3.77. The van der Waals surface area contributed by atoms with Crippen LogP contribution in [0, 0.1) is 0 Å². The number of nitrogens with two attached hydrogens (primary N) is 1. The second-order valence-electron chi connectivity index (χ2n) is 5.02. The number of nitrogen functional groups attached to an aromatic ring is 1. The fraction of sp³-hybridized carbons (Fsp3) is 0.200. The summed E-state index contributed by atoms with van der Waals surface area (Å²) in [6.07, 6.45) is 1.37. The first-order chi connectivity index (χ1) is 11.1. The summed E-state index contributed by atoms with van der Waals surface area (Å²) in [5.41, 5.74) is 7.31. The highest BCUT2D eigenvalue weighted by Crippen LogP contribution is 2.30.